The van der Waals surface area contributed by atoms with Crippen LogP contribution in [0.2, 0.25) is 5.02 Å². The molecular weight excluding hydrogens is 433 g/mol. The average molecular weight is 447 g/mol. The largest absolute Gasteiger partial charge is 0.466 e. The number of halogens is 4. The summed E-state index contributed by atoms with van der Waals surface area (Å²) in [4.78, 5) is 12.2. The number of benzene rings is 2. The first-order valence-electron chi connectivity index (χ1n) is 9.05. The fourth-order valence-corrected chi connectivity index (χ4v) is 3.14. The molecule has 0 amide bonds. The van der Waals surface area contributed by atoms with Gasteiger partial charge in [0.25, 0.3) is 0 Å². The number of carbonyl (C=O) groups excluding carboxylic acids is 1. The van der Waals surface area contributed by atoms with E-state index in [1.54, 1.807) is 36.4 Å². The first kappa shape index (κ1) is 20.7. The minimum Gasteiger partial charge on any atom is -0.466 e. The van der Waals surface area contributed by atoms with Crippen LogP contribution >= 0.6 is 11.6 Å². The number of hydrogen-bond acceptors (Lipinski definition) is 4. The third-order valence-electron chi connectivity index (χ3n) is 4.42. The molecule has 0 radical (unpaired) electrons. The van der Waals surface area contributed by atoms with Gasteiger partial charge in [0, 0.05) is 5.56 Å². The summed E-state index contributed by atoms with van der Waals surface area (Å²) in [6, 6.07) is 16.7. The van der Waals surface area contributed by atoms with Gasteiger partial charge in [-0.2, -0.15) is 18.3 Å². The minimum atomic E-state index is -4.63. The number of rotatable bonds is 5. The Labute approximate surface area is 179 Å². The van der Waals surface area contributed by atoms with Crippen LogP contribution in [0.25, 0.3) is 16.9 Å². The third-order valence-corrected chi connectivity index (χ3v) is 4.74. The molecule has 4 aromatic rings. The van der Waals surface area contributed by atoms with Crippen LogP contribution in [0.4, 0.5) is 13.2 Å². The number of esters is 1. The van der Waals surface area contributed by atoms with Gasteiger partial charge in [-0.15, -0.1) is 0 Å². The Morgan fingerprint density at radius 2 is 1.81 bits per heavy atom. The molecule has 0 aliphatic heterocycles. The molecular formula is C22H14ClF3N2O3. The number of aromatic nitrogens is 2. The van der Waals surface area contributed by atoms with E-state index in [-0.39, 0.29) is 22.9 Å². The molecule has 0 N–H and O–H groups in total. The highest BCUT2D eigenvalue weighted by Gasteiger charge is 2.35. The summed E-state index contributed by atoms with van der Waals surface area (Å²) in [7, 11) is 0. The van der Waals surface area contributed by atoms with Gasteiger partial charge in [-0.3, -0.25) is 0 Å². The second kappa shape index (κ2) is 8.31. The number of nitrogens with zero attached hydrogens (tertiary/aromatic N) is 2. The van der Waals surface area contributed by atoms with E-state index in [1.807, 2.05) is 0 Å². The summed E-state index contributed by atoms with van der Waals surface area (Å²) in [6.45, 7) is -0.0260. The molecule has 0 spiro atoms. The Morgan fingerprint density at radius 3 is 2.45 bits per heavy atom. The van der Waals surface area contributed by atoms with Crippen LogP contribution in [-0.4, -0.2) is 15.7 Å². The zero-order valence-corrected chi connectivity index (χ0v) is 16.5. The number of hydrogen-bond donors (Lipinski definition) is 0. The lowest BCUT2D eigenvalue weighted by molar-refractivity contribution is -0.141. The van der Waals surface area contributed by atoms with Crippen LogP contribution in [0.5, 0.6) is 0 Å². The quantitative estimate of drug-likeness (QED) is 0.344. The van der Waals surface area contributed by atoms with Crippen molar-refractivity contribution in [1.82, 2.24) is 9.78 Å². The van der Waals surface area contributed by atoms with Crippen LogP contribution in [0.1, 0.15) is 21.8 Å². The van der Waals surface area contributed by atoms with E-state index >= 15 is 0 Å². The SMILES string of the molecule is O=C(OCc1ccco1)c1ccc(-c2cc(C(F)(F)F)nn2-c2ccccc2Cl)cc1. The molecule has 0 aliphatic rings. The van der Waals surface area contributed by atoms with Crippen molar-refractivity contribution in [2.45, 2.75) is 12.8 Å². The van der Waals surface area contributed by atoms with E-state index in [9.17, 15) is 18.0 Å². The van der Waals surface area contributed by atoms with Crippen molar-refractivity contribution in [3.8, 4) is 16.9 Å². The van der Waals surface area contributed by atoms with Crippen LogP contribution in [0.15, 0.2) is 77.4 Å². The second-order valence-corrected chi connectivity index (χ2v) is 6.92. The molecule has 5 nitrogen and oxygen atoms in total. The van der Waals surface area contributed by atoms with Gasteiger partial charge < -0.3 is 9.15 Å². The average Bonchev–Trinajstić information content (AvgIpc) is 3.42. The van der Waals surface area contributed by atoms with Gasteiger partial charge in [0.2, 0.25) is 0 Å². The normalized spacial score (nSPS) is 11.5. The Hall–Kier alpha value is -3.52. The second-order valence-electron chi connectivity index (χ2n) is 6.51. The van der Waals surface area contributed by atoms with E-state index in [0.717, 1.165) is 10.7 Å². The molecule has 31 heavy (non-hydrogen) atoms. The minimum absolute atomic E-state index is 0.0260. The molecule has 0 saturated heterocycles. The maximum absolute atomic E-state index is 13.3. The highest BCUT2D eigenvalue weighted by Crippen LogP contribution is 2.34. The van der Waals surface area contributed by atoms with Crippen molar-refractivity contribution in [3.63, 3.8) is 0 Å². The molecule has 2 aromatic heterocycles. The van der Waals surface area contributed by atoms with E-state index in [0.29, 0.717) is 17.0 Å². The van der Waals surface area contributed by atoms with Gasteiger partial charge in [-0.05, 0) is 42.5 Å². The third kappa shape index (κ3) is 4.49. The highest BCUT2D eigenvalue weighted by molar-refractivity contribution is 6.32. The fourth-order valence-electron chi connectivity index (χ4n) is 2.92. The molecule has 9 heteroatoms. The van der Waals surface area contributed by atoms with Crippen molar-refractivity contribution in [2.75, 3.05) is 0 Å². The number of alkyl halides is 3. The zero-order valence-electron chi connectivity index (χ0n) is 15.8. The van der Waals surface area contributed by atoms with Crippen LogP contribution in [0, 0.1) is 0 Å². The van der Waals surface area contributed by atoms with E-state index in [2.05, 4.69) is 5.10 Å². The van der Waals surface area contributed by atoms with Gasteiger partial charge in [0.1, 0.15) is 12.4 Å². The van der Waals surface area contributed by atoms with Crippen molar-refractivity contribution in [1.29, 1.82) is 0 Å². The Morgan fingerprint density at radius 1 is 1.06 bits per heavy atom. The summed E-state index contributed by atoms with van der Waals surface area (Å²) in [5.41, 5.74) is 0.0950. The number of carbonyl (C=O) groups is 1. The molecule has 2 heterocycles. The number of ether oxygens (including phenoxy) is 1. The van der Waals surface area contributed by atoms with Crippen LogP contribution < -0.4 is 0 Å². The molecule has 158 valence electrons. The molecule has 0 aliphatic carbocycles. The van der Waals surface area contributed by atoms with E-state index < -0.39 is 17.8 Å². The standard InChI is InChI=1S/C22H14ClF3N2O3/c23-17-5-1-2-6-18(17)28-19(12-20(27-28)22(24,25)26)14-7-9-15(10-8-14)21(29)31-13-16-4-3-11-30-16/h1-12H,13H2. The summed E-state index contributed by atoms with van der Waals surface area (Å²) < 4.78 is 51.3. The van der Waals surface area contributed by atoms with Crippen molar-refractivity contribution in [3.05, 3.63) is 95.0 Å². The molecule has 0 fully saturated rings. The lowest BCUT2D eigenvalue weighted by Gasteiger charge is -2.10. The predicted octanol–water partition coefficient (Wildman–Crippen LogP) is 6.16. The number of furan rings is 1. The van der Waals surface area contributed by atoms with E-state index in [4.69, 9.17) is 20.8 Å². The van der Waals surface area contributed by atoms with Gasteiger partial charge in [-0.25, -0.2) is 9.48 Å². The predicted molar refractivity (Wildman–Crippen MR) is 107 cm³/mol. The molecule has 0 saturated carbocycles. The Bertz CT molecular complexity index is 1200. The Kier molecular flexibility index (Phi) is 5.56. The van der Waals surface area contributed by atoms with Gasteiger partial charge >= 0.3 is 12.1 Å². The molecule has 0 bridgehead atoms. The van der Waals surface area contributed by atoms with Crippen molar-refractivity contribution < 1.29 is 27.1 Å². The van der Waals surface area contributed by atoms with Gasteiger partial charge in [-0.1, -0.05) is 35.9 Å². The summed E-state index contributed by atoms with van der Waals surface area (Å²) in [5.74, 6) is -0.0909. The van der Waals surface area contributed by atoms with Crippen molar-refractivity contribution >= 4 is 17.6 Å². The highest BCUT2D eigenvalue weighted by atomic mass is 35.5. The lowest BCUT2D eigenvalue weighted by Crippen LogP contribution is -2.07. The Balaban J connectivity index is 1.65. The van der Waals surface area contributed by atoms with Crippen LogP contribution in [0.3, 0.4) is 0 Å². The fraction of sp³-hybridized carbons (Fsp3) is 0.0909. The molecule has 0 unspecified atom stereocenters. The van der Waals surface area contributed by atoms with Gasteiger partial charge in [0.15, 0.2) is 5.69 Å². The molecule has 4 rings (SSSR count). The van der Waals surface area contributed by atoms with E-state index in [1.165, 1.54) is 30.5 Å². The maximum atomic E-state index is 13.3. The number of para-hydroxylation sites is 1. The maximum Gasteiger partial charge on any atom is 0.435 e. The summed E-state index contributed by atoms with van der Waals surface area (Å²) >= 11 is 6.17. The molecule has 2 aromatic carbocycles. The first-order chi connectivity index (χ1) is 14.8. The monoisotopic (exact) mass is 446 g/mol. The van der Waals surface area contributed by atoms with Gasteiger partial charge in [0.05, 0.1) is 28.2 Å². The summed E-state index contributed by atoms with van der Waals surface area (Å²) in [6.07, 6.45) is -3.16. The topological polar surface area (TPSA) is 57.3 Å². The summed E-state index contributed by atoms with van der Waals surface area (Å²) in [5, 5.41) is 3.96. The van der Waals surface area contributed by atoms with Crippen molar-refractivity contribution in [2.24, 2.45) is 0 Å². The lowest BCUT2D eigenvalue weighted by atomic mass is 10.1. The van der Waals surface area contributed by atoms with Crippen LogP contribution in [-0.2, 0) is 17.5 Å². The molecule has 0 atom stereocenters. The smallest absolute Gasteiger partial charge is 0.435 e. The first-order valence-corrected chi connectivity index (χ1v) is 9.43. The zero-order chi connectivity index (χ0) is 22.0.